The molecule has 0 aliphatic rings. The Balaban J connectivity index is 3.12. The van der Waals surface area contributed by atoms with Gasteiger partial charge in [-0.25, -0.2) is 13.1 Å². The molecule has 1 aromatic carbocycles. The number of benzene rings is 1. The first-order chi connectivity index (χ1) is 8.77. The first-order valence-electron chi connectivity index (χ1n) is 5.73. The Morgan fingerprint density at radius 2 is 2.00 bits per heavy atom. The number of rotatable bonds is 6. The third-order valence-electron chi connectivity index (χ3n) is 2.43. The molecule has 19 heavy (non-hydrogen) atoms. The normalized spacial score (nSPS) is 11.6. The van der Waals surface area contributed by atoms with Gasteiger partial charge in [-0.2, -0.15) is 0 Å². The van der Waals surface area contributed by atoms with Crippen molar-refractivity contribution in [1.82, 2.24) is 4.72 Å². The number of nitrogens with zero attached hydrogens (tertiary/aromatic N) is 1. The highest BCUT2D eigenvalue weighted by molar-refractivity contribution is 7.89. The van der Waals surface area contributed by atoms with Gasteiger partial charge in [-0.15, -0.1) is 0 Å². The largest absolute Gasteiger partial charge is 0.383 e. The maximum absolute atomic E-state index is 12.0. The number of nitrogens with one attached hydrogen (secondary N) is 2. The van der Waals surface area contributed by atoms with Gasteiger partial charge in [0.2, 0.25) is 10.0 Å². The van der Waals surface area contributed by atoms with Crippen molar-refractivity contribution in [1.29, 1.82) is 0 Å². The summed E-state index contributed by atoms with van der Waals surface area (Å²) in [6, 6.07) is 3.65. The molecule has 106 valence electrons. The van der Waals surface area contributed by atoms with Crippen LogP contribution in [-0.2, 0) is 10.0 Å². The Morgan fingerprint density at radius 1 is 1.37 bits per heavy atom. The molecule has 0 saturated carbocycles. The minimum atomic E-state index is -3.64. The molecule has 7 nitrogen and oxygen atoms in total. The fourth-order valence-electron chi connectivity index (χ4n) is 1.40. The molecule has 0 atom stereocenters. The molecule has 0 unspecified atom stereocenters. The summed E-state index contributed by atoms with van der Waals surface area (Å²) in [5, 5.41) is 13.4. The molecule has 1 rings (SSSR count). The van der Waals surface area contributed by atoms with E-state index in [1.165, 1.54) is 25.2 Å². The van der Waals surface area contributed by atoms with Gasteiger partial charge in [-0.3, -0.25) is 10.1 Å². The van der Waals surface area contributed by atoms with Crippen LogP contribution in [0, 0.1) is 16.0 Å². The summed E-state index contributed by atoms with van der Waals surface area (Å²) in [5.74, 6) is 0.177. The first-order valence-corrected chi connectivity index (χ1v) is 7.22. The highest BCUT2D eigenvalue weighted by atomic mass is 32.2. The maximum atomic E-state index is 12.0. The van der Waals surface area contributed by atoms with Crippen molar-refractivity contribution in [3.63, 3.8) is 0 Å². The molecule has 0 aliphatic heterocycles. The summed E-state index contributed by atoms with van der Waals surface area (Å²) in [7, 11) is -2.14. The van der Waals surface area contributed by atoms with Gasteiger partial charge >= 0.3 is 0 Å². The number of nitro groups is 1. The minimum Gasteiger partial charge on any atom is -0.383 e. The van der Waals surface area contributed by atoms with Crippen molar-refractivity contribution >= 4 is 21.4 Å². The van der Waals surface area contributed by atoms with E-state index in [1.807, 2.05) is 13.8 Å². The third-order valence-corrected chi connectivity index (χ3v) is 3.85. The minimum absolute atomic E-state index is 0.00287. The van der Waals surface area contributed by atoms with Gasteiger partial charge in [0.15, 0.2) is 0 Å². The Morgan fingerprint density at radius 3 is 2.47 bits per heavy atom. The quantitative estimate of drug-likeness (QED) is 0.611. The van der Waals surface area contributed by atoms with Crippen molar-refractivity contribution < 1.29 is 13.3 Å². The van der Waals surface area contributed by atoms with E-state index in [0.717, 1.165) is 0 Å². The van der Waals surface area contributed by atoms with Gasteiger partial charge in [0, 0.05) is 19.7 Å². The van der Waals surface area contributed by atoms with E-state index >= 15 is 0 Å². The number of hydrogen-bond donors (Lipinski definition) is 2. The molecule has 0 radical (unpaired) electrons. The Hall–Kier alpha value is -1.67. The fourth-order valence-corrected chi connectivity index (χ4v) is 2.64. The van der Waals surface area contributed by atoms with Gasteiger partial charge in [0.05, 0.1) is 9.82 Å². The Kier molecular flexibility index (Phi) is 4.84. The molecule has 0 heterocycles. The average molecular weight is 287 g/mol. The van der Waals surface area contributed by atoms with Crippen LogP contribution >= 0.6 is 0 Å². The second kappa shape index (κ2) is 5.98. The summed E-state index contributed by atoms with van der Waals surface area (Å²) < 4.78 is 26.4. The zero-order valence-electron chi connectivity index (χ0n) is 11.0. The molecule has 0 bridgehead atoms. The van der Waals surface area contributed by atoms with Gasteiger partial charge < -0.3 is 5.32 Å². The molecule has 0 fully saturated rings. The van der Waals surface area contributed by atoms with E-state index < -0.39 is 14.9 Å². The summed E-state index contributed by atoms with van der Waals surface area (Å²) in [5.41, 5.74) is 0.00253. The van der Waals surface area contributed by atoms with Crippen LogP contribution in [0.2, 0.25) is 0 Å². The summed E-state index contributed by atoms with van der Waals surface area (Å²) in [6.45, 7) is 4.09. The maximum Gasteiger partial charge on any atom is 0.292 e. The molecule has 2 N–H and O–H groups in total. The molecule has 1 aromatic rings. The van der Waals surface area contributed by atoms with Crippen LogP contribution in [0.4, 0.5) is 11.4 Å². The number of nitro benzene ring substituents is 1. The van der Waals surface area contributed by atoms with Crippen LogP contribution < -0.4 is 10.0 Å². The average Bonchev–Trinajstić information content (AvgIpc) is 2.35. The van der Waals surface area contributed by atoms with E-state index in [1.54, 1.807) is 0 Å². The van der Waals surface area contributed by atoms with Gasteiger partial charge in [0.25, 0.3) is 5.69 Å². The van der Waals surface area contributed by atoms with Crippen molar-refractivity contribution in [2.45, 2.75) is 18.7 Å². The van der Waals surface area contributed by atoms with Crippen LogP contribution in [-0.4, -0.2) is 26.9 Å². The first kappa shape index (κ1) is 15.4. The lowest BCUT2D eigenvalue weighted by atomic mass is 10.2. The van der Waals surface area contributed by atoms with E-state index in [0.29, 0.717) is 6.54 Å². The zero-order chi connectivity index (χ0) is 14.6. The number of anilines is 1. The smallest absolute Gasteiger partial charge is 0.292 e. The van der Waals surface area contributed by atoms with E-state index in [9.17, 15) is 18.5 Å². The third kappa shape index (κ3) is 3.90. The van der Waals surface area contributed by atoms with Crippen molar-refractivity contribution in [2.24, 2.45) is 5.92 Å². The van der Waals surface area contributed by atoms with Crippen LogP contribution in [0.3, 0.4) is 0 Å². The monoisotopic (exact) mass is 287 g/mol. The molecular formula is C11H17N3O4S. The standard InChI is InChI=1S/C11H17N3O4S/c1-8(2)7-13-19(17,18)9-4-5-11(14(15)16)10(6-9)12-3/h4-6,8,12-13H,7H2,1-3H3. The molecular weight excluding hydrogens is 270 g/mol. The van der Waals surface area contributed by atoms with E-state index in [2.05, 4.69) is 10.0 Å². The van der Waals surface area contributed by atoms with Crippen molar-refractivity contribution in [3.8, 4) is 0 Å². The molecule has 0 amide bonds. The van der Waals surface area contributed by atoms with E-state index in [-0.39, 0.29) is 22.2 Å². The molecule has 0 spiro atoms. The molecule has 8 heteroatoms. The Labute approximate surface area is 112 Å². The van der Waals surface area contributed by atoms with Crippen molar-refractivity contribution in [3.05, 3.63) is 28.3 Å². The molecule has 0 saturated heterocycles. The van der Waals surface area contributed by atoms with Crippen LogP contribution in [0.25, 0.3) is 0 Å². The number of hydrogen-bond acceptors (Lipinski definition) is 5. The number of sulfonamides is 1. The zero-order valence-corrected chi connectivity index (χ0v) is 11.8. The highest BCUT2D eigenvalue weighted by Gasteiger charge is 2.19. The molecule has 0 aliphatic carbocycles. The fraction of sp³-hybridized carbons (Fsp3) is 0.455. The second-order valence-electron chi connectivity index (χ2n) is 4.43. The highest BCUT2D eigenvalue weighted by Crippen LogP contribution is 2.26. The predicted molar refractivity (Wildman–Crippen MR) is 72.7 cm³/mol. The van der Waals surface area contributed by atoms with E-state index in [4.69, 9.17) is 0 Å². The lowest BCUT2D eigenvalue weighted by Crippen LogP contribution is -2.27. The van der Waals surface area contributed by atoms with Gasteiger partial charge in [-0.05, 0) is 18.1 Å². The predicted octanol–water partition coefficient (Wildman–Crippen LogP) is 1.57. The molecule has 0 aromatic heterocycles. The topological polar surface area (TPSA) is 101 Å². The lowest BCUT2D eigenvalue weighted by molar-refractivity contribution is -0.384. The SMILES string of the molecule is CNc1cc(S(=O)(=O)NCC(C)C)ccc1[N+](=O)[O-]. The van der Waals surface area contributed by atoms with Crippen LogP contribution in [0.15, 0.2) is 23.1 Å². The van der Waals surface area contributed by atoms with Crippen molar-refractivity contribution in [2.75, 3.05) is 18.9 Å². The summed E-state index contributed by atoms with van der Waals surface area (Å²) in [4.78, 5) is 10.2. The second-order valence-corrected chi connectivity index (χ2v) is 6.20. The lowest BCUT2D eigenvalue weighted by Gasteiger charge is -2.10. The summed E-state index contributed by atoms with van der Waals surface area (Å²) in [6.07, 6.45) is 0. The summed E-state index contributed by atoms with van der Waals surface area (Å²) >= 11 is 0. The van der Waals surface area contributed by atoms with Gasteiger partial charge in [0.1, 0.15) is 5.69 Å². The van der Waals surface area contributed by atoms with Gasteiger partial charge in [-0.1, -0.05) is 13.8 Å². The van der Waals surface area contributed by atoms with Crippen LogP contribution in [0.5, 0.6) is 0 Å². The van der Waals surface area contributed by atoms with Crippen LogP contribution in [0.1, 0.15) is 13.8 Å². The Bertz CT molecular complexity index is 569.